The number of nitrogens with one attached hydrogen (secondary N) is 2. The first-order chi connectivity index (χ1) is 11.2. The Labute approximate surface area is 138 Å². The van der Waals surface area contributed by atoms with Crippen molar-refractivity contribution in [3.8, 4) is 5.75 Å². The number of hydrogen-bond acceptors (Lipinski definition) is 2. The van der Waals surface area contributed by atoms with Crippen LogP contribution in [0.15, 0.2) is 60.7 Å². The van der Waals surface area contributed by atoms with Gasteiger partial charge in [0.15, 0.2) is 6.54 Å². The van der Waals surface area contributed by atoms with E-state index in [-0.39, 0.29) is 5.91 Å². The summed E-state index contributed by atoms with van der Waals surface area (Å²) in [5.41, 5.74) is 1.24. The third-order valence-electron chi connectivity index (χ3n) is 3.58. The number of rotatable bonds is 9. The zero-order valence-electron chi connectivity index (χ0n) is 13.6. The monoisotopic (exact) mass is 313 g/mol. The van der Waals surface area contributed by atoms with Gasteiger partial charge in [-0.25, -0.2) is 0 Å². The second-order valence-electron chi connectivity index (χ2n) is 5.63. The molecule has 2 N–H and O–H groups in total. The van der Waals surface area contributed by atoms with Crippen LogP contribution in [0.1, 0.15) is 5.56 Å². The molecular weight excluding hydrogens is 288 g/mol. The smallest absolute Gasteiger partial charge is 0.275 e. The van der Waals surface area contributed by atoms with Gasteiger partial charge in [0.25, 0.3) is 5.91 Å². The lowest BCUT2D eigenvalue weighted by atomic mass is 10.1. The van der Waals surface area contributed by atoms with E-state index in [9.17, 15) is 4.79 Å². The summed E-state index contributed by atoms with van der Waals surface area (Å²) in [4.78, 5) is 13.0. The molecule has 0 aliphatic carbocycles. The van der Waals surface area contributed by atoms with Crippen LogP contribution >= 0.6 is 0 Å². The third kappa shape index (κ3) is 6.98. The van der Waals surface area contributed by atoms with E-state index >= 15 is 0 Å². The molecule has 0 saturated carbocycles. The number of quaternary nitrogens is 1. The van der Waals surface area contributed by atoms with E-state index in [0.717, 1.165) is 23.6 Å². The summed E-state index contributed by atoms with van der Waals surface area (Å²) in [6, 6.07) is 19.9. The lowest BCUT2D eigenvalue weighted by Gasteiger charge is -2.14. The van der Waals surface area contributed by atoms with E-state index in [1.807, 2.05) is 55.6 Å². The molecule has 0 spiro atoms. The topological polar surface area (TPSA) is 42.8 Å². The summed E-state index contributed by atoms with van der Waals surface area (Å²) in [6.45, 7) is 2.54. The molecule has 23 heavy (non-hydrogen) atoms. The van der Waals surface area contributed by atoms with Gasteiger partial charge in [-0.15, -0.1) is 0 Å². The average molecular weight is 313 g/mol. The maximum atomic E-state index is 11.9. The fourth-order valence-corrected chi connectivity index (χ4v) is 2.28. The molecule has 122 valence electrons. The Balaban J connectivity index is 1.57. The van der Waals surface area contributed by atoms with Crippen LogP contribution in [-0.2, 0) is 11.2 Å². The van der Waals surface area contributed by atoms with Crippen molar-refractivity contribution in [3.05, 3.63) is 66.2 Å². The van der Waals surface area contributed by atoms with Gasteiger partial charge in [0, 0.05) is 6.54 Å². The SMILES string of the molecule is C[NH+](CCOc1ccccc1)CC(=O)NCCc1ccccc1. The maximum Gasteiger partial charge on any atom is 0.275 e. The highest BCUT2D eigenvalue weighted by Gasteiger charge is 2.09. The van der Waals surface area contributed by atoms with Crippen molar-refractivity contribution in [2.75, 3.05) is 33.3 Å². The van der Waals surface area contributed by atoms with Gasteiger partial charge in [0.05, 0.1) is 7.05 Å². The number of carbonyl (C=O) groups is 1. The van der Waals surface area contributed by atoms with Gasteiger partial charge >= 0.3 is 0 Å². The molecule has 0 radical (unpaired) electrons. The van der Waals surface area contributed by atoms with Crippen LogP contribution in [0.3, 0.4) is 0 Å². The van der Waals surface area contributed by atoms with Crippen molar-refractivity contribution in [2.24, 2.45) is 0 Å². The Morgan fingerprint density at radius 3 is 2.39 bits per heavy atom. The Bertz CT molecular complexity index is 572. The van der Waals surface area contributed by atoms with Crippen molar-refractivity contribution < 1.29 is 14.4 Å². The predicted molar refractivity (Wildman–Crippen MR) is 91.7 cm³/mol. The Morgan fingerprint density at radius 1 is 1.04 bits per heavy atom. The number of amides is 1. The van der Waals surface area contributed by atoms with E-state index in [1.165, 1.54) is 5.56 Å². The van der Waals surface area contributed by atoms with E-state index in [0.29, 0.717) is 19.7 Å². The molecule has 2 aromatic rings. The van der Waals surface area contributed by atoms with Crippen LogP contribution in [0, 0.1) is 0 Å². The predicted octanol–water partition coefficient (Wildman–Crippen LogP) is 0.939. The van der Waals surface area contributed by atoms with Crippen molar-refractivity contribution in [2.45, 2.75) is 6.42 Å². The van der Waals surface area contributed by atoms with Crippen molar-refractivity contribution >= 4 is 5.91 Å². The molecule has 0 fully saturated rings. The summed E-state index contributed by atoms with van der Waals surface area (Å²) in [5, 5.41) is 2.97. The highest BCUT2D eigenvalue weighted by Crippen LogP contribution is 2.07. The fraction of sp³-hybridized carbons (Fsp3) is 0.316. The number of ether oxygens (including phenoxy) is 1. The molecule has 0 aromatic heterocycles. The summed E-state index contributed by atoms with van der Waals surface area (Å²) < 4.78 is 5.64. The standard InChI is InChI=1S/C19H24N2O2/c1-21(14-15-23-18-10-6-3-7-11-18)16-19(22)20-13-12-17-8-4-2-5-9-17/h2-11H,12-16H2,1H3,(H,20,22)/p+1. The molecule has 4 heteroatoms. The van der Waals surface area contributed by atoms with Crippen molar-refractivity contribution in [1.29, 1.82) is 0 Å². The molecule has 0 aliphatic heterocycles. The van der Waals surface area contributed by atoms with Crippen LogP contribution in [-0.4, -0.2) is 39.2 Å². The second-order valence-corrected chi connectivity index (χ2v) is 5.63. The first kappa shape index (κ1) is 17.0. The molecule has 1 unspecified atom stereocenters. The van der Waals surface area contributed by atoms with Gasteiger partial charge in [-0.1, -0.05) is 48.5 Å². The van der Waals surface area contributed by atoms with Crippen LogP contribution < -0.4 is 15.0 Å². The third-order valence-corrected chi connectivity index (χ3v) is 3.58. The lowest BCUT2D eigenvalue weighted by molar-refractivity contribution is -0.871. The van der Waals surface area contributed by atoms with Crippen molar-refractivity contribution in [3.63, 3.8) is 0 Å². The van der Waals surface area contributed by atoms with Crippen molar-refractivity contribution in [1.82, 2.24) is 5.32 Å². The number of hydrogen-bond donors (Lipinski definition) is 2. The zero-order chi connectivity index (χ0) is 16.3. The number of likely N-dealkylation sites (N-methyl/N-ethyl adjacent to an activating group) is 1. The van der Waals surface area contributed by atoms with Crippen LogP contribution in [0.25, 0.3) is 0 Å². The molecule has 2 aromatic carbocycles. The molecule has 4 nitrogen and oxygen atoms in total. The summed E-state index contributed by atoms with van der Waals surface area (Å²) in [7, 11) is 2.01. The fourth-order valence-electron chi connectivity index (χ4n) is 2.28. The average Bonchev–Trinajstić information content (AvgIpc) is 2.57. The van der Waals surface area contributed by atoms with Gasteiger partial charge in [-0.3, -0.25) is 4.79 Å². The van der Waals surface area contributed by atoms with Gasteiger partial charge in [0.2, 0.25) is 0 Å². The highest BCUT2D eigenvalue weighted by molar-refractivity contribution is 5.76. The minimum atomic E-state index is 0.0816. The van der Waals surface area contributed by atoms with Crippen LogP contribution in [0.2, 0.25) is 0 Å². The van der Waals surface area contributed by atoms with Gasteiger partial charge < -0.3 is 15.0 Å². The summed E-state index contributed by atoms with van der Waals surface area (Å²) >= 11 is 0. The first-order valence-electron chi connectivity index (χ1n) is 8.04. The van der Waals surface area contributed by atoms with Crippen LogP contribution in [0.4, 0.5) is 0 Å². The maximum absolute atomic E-state index is 11.9. The minimum absolute atomic E-state index is 0.0816. The Morgan fingerprint density at radius 2 is 1.70 bits per heavy atom. The normalized spacial score (nSPS) is 11.7. The molecule has 0 bridgehead atoms. The quantitative estimate of drug-likeness (QED) is 0.723. The van der Waals surface area contributed by atoms with Gasteiger partial charge in [0.1, 0.15) is 18.9 Å². The highest BCUT2D eigenvalue weighted by atomic mass is 16.5. The molecule has 1 amide bonds. The number of benzene rings is 2. The Kier molecular flexibility index (Phi) is 7.14. The van der Waals surface area contributed by atoms with Gasteiger partial charge in [-0.05, 0) is 24.1 Å². The summed E-state index contributed by atoms with van der Waals surface area (Å²) in [5.74, 6) is 0.950. The first-order valence-corrected chi connectivity index (χ1v) is 8.04. The number of carbonyl (C=O) groups excluding carboxylic acids is 1. The molecule has 0 heterocycles. The second kappa shape index (κ2) is 9.64. The molecule has 0 saturated heterocycles. The van der Waals surface area contributed by atoms with E-state index < -0.39 is 0 Å². The van der Waals surface area contributed by atoms with E-state index in [1.54, 1.807) is 0 Å². The minimum Gasteiger partial charge on any atom is -0.488 e. The molecule has 1 atom stereocenters. The lowest BCUT2D eigenvalue weighted by Crippen LogP contribution is -3.10. The zero-order valence-corrected chi connectivity index (χ0v) is 13.6. The Hall–Kier alpha value is -2.33. The van der Waals surface area contributed by atoms with Crippen LogP contribution in [0.5, 0.6) is 5.75 Å². The van der Waals surface area contributed by atoms with Gasteiger partial charge in [-0.2, -0.15) is 0 Å². The molecular formula is C19H25N2O2+. The summed E-state index contributed by atoms with van der Waals surface area (Å²) in [6.07, 6.45) is 0.864. The molecule has 2 rings (SSSR count). The molecule has 0 aliphatic rings. The van der Waals surface area contributed by atoms with E-state index in [4.69, 9.17) is 4.74 Å². The largest absolute Gasteiger partial charge is 0.488 e. The number of para-hydroxylation sites is 1. The van der Waals surface area contributed by atoms with E-state index in [2.05, 4.69) is 17.4 Å².